The van der Waals surface area contributed by atoms with Crippen molar-refractivity contribution < 1.29 is 4.79 Å². The highest BCUT2D eigenvalue weighted by atomic mass is 35.5. The third-order valence-corrected chi connectivity index (χ3v) is 4.89. The van der Waals surface area contributed by atoms with Gasteiger partial charge in [0, 0.05) is 32.1 Å². The van der Waals surface area contributed by atoms with Crippen LogP contribution in [0.25, 0.3) is 0 Å². The fourth-order valence-electron chi connectivity index (χ4n) is 2.57. The number of nitrogen functional groups attached to an aromatic ring is 1. The molecule has 1 aliphatic carbocycles. The molecule has 0 bridgehead atoms. The number of anilines is 1. The Morgan fingerprint density at radius 1 is 1.21 bits per heavy atom. The predicted octanol–water partition coefficient (Wildman–Crippen LogP) is 4.09. The number of carbonyl (C=O) groups excluding carboxylic acids is 1. The largest absolute Gasteiger partial charge is 0.398 e. The Hall–Kier alpha value is -1.32. The number of hydrogen-bond donors (Lipinski definition) is 1. The van der Waals surface area contributed by atoms with Crippen molar-refractivity contribution in [2.45, 2.75) is 25.7 Å². The van der Waals surface area contributed by atoms with Crippen LogP contribution in [0.2, 0.25) is 5.02 Å². The van der Waals surface area contributed by atoms with E-state index in [1.54, 1.807) is 29.5 Å². The summed E-state index contributed by atoms with van der Waals surface area (Å²) in [5.41, 5.74) is 8.97. The van der Waals surface area contributed by atoms with Crippen LogP contribution < -0.4 is 5.73 Å². The highest BCUT2D eigenvalue weighted by Crippen LogP contribution is 2.32. The maximum absolute atomic E-state index is 12.6. The van der Waals surface area contributed by atoms with Gasteiger partial charge in [-0.1, -0.05) is 11.6 Å². The molecule has 3 rings (SSSR count). The summed E-state index contributed by atoms with van der Waals surface area (Å²) in [6.07, 6.45) is 4.50. The molecule has 0 fully saturated rings. The molecule has 2 N–H and O–H groups in total. The summed E-state index contributed by atoms with van der Waals surface area (Å²) < 4.78 is 0. The van der Waals surface area contributed by atoms with Gasteiger partial charge in [-0.25, -0.2) is 0 Å². The molecule has 1 aliphatic rings. The van der Waals surface area contributed by atoms with E-state index in [1.807, 2.05) is 5.38 Å². The normalized spacial score (nSPS) is 14.2. The smallest absolute Gasteiger partial charge is 0.196 e. The third kappa shape index (κ3) is 2.28. The van der Waals surface area contributed by atoms with E-state index in [1.165, 1.54) is 23.3 Å². The number of rotatable bonds is 2. The monoisotopic (exact) mass is 291 g/mol. The summed E-state index contributed by atoms with van der Waals surface area (Å²) in [5, 5.41) is 2.54. The molecule has 2 aromatic rings. The van der Waals surface area contributed by atoms with Crippen LogP contribution in [-0.2, 0) is 12.8 Å². The summed E-state index contributed by atoms with van der Waals surface area (Å²) in [7, 11) is 0. The second kappa shape index (κ2) is 4.99. The van der Waals surface area contributed by atoms with Gasteiger partial charge in [0.15, 0.2) is 5.78 Å². The highest BCUT2D eigenvalue weighted by Gasteiger charge is 2.22. The van der Waals surface area contributed by atoms with Crippen LogP contribution in [0.5, 0.6) is 0 Å². The number of hydrogen-bond acceptors (Lipinski definition) is 3. The Bertz CT molecular complexity index is 648. The molecule has 1 aromatic heterocycles. The first kappa shape index (κ1) is 12.7. The summed E-state index contributed by atoms with van der Waals surface area (Å²) in [4.78, 5) is 14.0. The van der Waals surface area contributed by atoms with Gasteiger partial charge < -0.3 is 5.73 Å². The standard InChI is InChI=1S/C15H14ClNOS/c16-9-5-6-11(13(17)7-9)15(18)12-8-19-14-4-2-1-3-10(12)14/h5-8H,1-4,17H2. The van der Waals surface area contributed by atoms with E-state index in [0.29, 0.717) is 16.3 Å². The minimum atomic E-state index is 0.0218. The molecule has 0 spiro atoms. The molecule has 1 heterocycles. The van der Waals surface area contributed by atoms with Crippen LogP contribution in [0.1, 0.15) is 39.2 Å². The number of benzene rings is 1. The quantitative estimate of drug-likeness (QED) is 0.669. The van der Waals surface area contributed by atoms with Crippen LogP contribution in [0.15, 0.2) is 23.6 Å². The molecular formula is C15H14ClNOS. The molecule has 0 atom stereocenters. The molecule has 1 aromatic carbocycles. The Morgan fingerprint density at radius 3 is 2.79 bits per heavy atom. The SMILES string of the molecule is Nc1cc(Cl)ccc1C(=O)c1csc2c1CCCC2. The number of fused-ring (bicyclic) bond motifs is 1. The Labute approximate surface area is 121 Å². The lowest BCUT2D eigenvalue weighted by Gasteiger charge is -2.12. The van der Waals surface area contributed by atoms with Gasteiger partial charge in [-0.05, 0) is 49.4 Å². The molecule has 0 unspecified atom stereocenters. The fourth-order valence-corrected chi connectivity index (χ4v) is 3.88. The van der Waals surface area contributed by atoms with E-state index in [0.717, 1.165) is 18.4 Å². The number of halogens is 1. The average Bonchev–Trinajstić information content (AvgIpc) is 2.82. The molecule has 98 valence electrons. The summed E-state index contributed by atoms with van der Waals surface area (Å²) in [5.74, 6) is 0.0218. The number of thiophene rings is 1. The van der Waals surface area contributed by atoms with Crippen molar-refractivity contribution in [3.63, 3.8) is 0 Å². The molecule has 0 saturated heterocycles. The van der Waals surface area contributed by atoms with Crippen molar-refractivity contribution in [2.75, 3.05) is 5.73 Å². The number of aryl methyl sites for hydroxylation is 1. The second-order valence-corrected chi connectivity index (χ2v) is 6.22. The lowest BCUT2D eigenvalue weighted by molar-refractivity contribution is 0.103. The molecule has 4 heteroatoms. The Balaban J connectivity index is 2.02. The fraction of sp³-hybridized carbons (Fsp3) is 0.267. The summed E-state index contributed by atoms with van der Waals surface area (Å²) >= 11 is 7.57. The molecule has 0 saturated carbocycles. The van der Waals surface area contributed by atoms with Gasteiger partial charge in [-0.2, -0.15) is 0 Å². The van der Waals surface area contributed by atoms with Crippen LogP contribution in [-0.4, -0.2) is 5.78 Å². The van der Waals surface area contributed by atoms with Gasteiger partial charge in [0.25, 0.3) is 0 Å². The lowest BCUT2D eigenvalue weighted by atomic mass is 9.92. The van der Waals surface area contributed by atoms with E-state index in [9.17, 15) is 4.79 Å². The van der Waals surface area contributed by atoms with E-state index in [4.69, 9.17) is 17.3 Å². The van der Waals surface area contributed by atoms with Gasteiger partial charge in [0.1, 0.15) is 0 Å². The minimum absolute atomic E-state index is 0.0218. The molecule has 0 amide bonds. The van der Waals surface area contributed by atoms with Crippen LogP contribution >= 0.6 is 22.9 Å². The number of nitrogens with two attached hydrogens (primary N) is 1. The maximum atomic E-state index is 12.6. The zero-order valence-electron chi connectivity index (χ0n) is 10.4. The number of carbonyl (C=O) groups is 1. The first-order chi connectivity index (χ1) is 9.16. The topological polar surface area (TPSA) is 43.1 Å². The summed E-state index contributed by atoms with van der Waals surface area (Å²) in [6, 6.07) is 5.06. The van der Waals surface area contributed by atoms with Crippen molar-refractivity contribution in [1.29, 1.82) is 0 Å². The van der Waals surface area contributed by atoms with Gasteiger partial charge in [0.05, 0.1) is 0 Å². The van der Waals surface area contributed by atoms with E-state index < -0.39 is 0 Å². The zero-order chi connectivity index (χ0) is 13.4. The first-order valence-corrected chi connectivity index (χ1v) is 7.61. The Kier molecular flexibility index (Phi) is 3.33. The maximum Gasteiger partial charge on any atom is 0.196 e. The molecule has 0 radical (unpaired) electrons. The number of ketones is 1. The summed E-state index contributed by atoms with van der Waals surface area (Å²) in [6.45, 7) is 0. The molecule has 2 nitrogen and oxygen atoms in total. The Morgan fingerprint density at radius 2 is 2.00 bits per heavy atom. The lowest BCUT2D eigenvalue weighted by Crippen LogP contribution is -2.09. The van der Waals surface area contributed by atoms with E-state index >= 15 is 0 Å². The third-order valence-electron chi connectivity index (χ3n) is 3.56. The molecule has 0 aliphatic heterocycles. The van der Waals surface area contributed by atoms with Crippen molar-refractivity contribution in [1.82, 2.24) is 0 Å². The van der Waals surface area contributed by atoms with Crippen molar-refractivity contribution in [3.8, 4) is 0 Å². The van der Waals surface area contributed by atoms with E-state index in [2.05, 4.69) is 0 Å². The minimum Gasteiger partial charge on any atom is -0.398 e. The molecular weight excluding hydrogens is 278 g/mol. The molecule has 19 heavy (non-hydrogen) atoms. The van der Waals surface area contributed by atoms with Gasteiger partial charge in [0.2, 0.25) is 0 Å². The second-order valence-electron chi connectivity index (χ2n) is 4.82. The van der Waals surface area contributed by atoms with Crippen molar-refractivity contribution in [2.24, 2.45) is 0 Å². The predicted molar refractivity (Wildman–Crippen MR) is 80.3 cm³/mol. The van der Waals surface area contributed by atoms with Crippen LogP contribution in [0.3, 0.4) is 0 Å². The van der Waals surface area contributed by atoms with Gasteiger partial charge in [-0.15, -0.1) is 11.3 Å². The highest BCUT2D eigenvalue weighted by molar-refractivity contribution is 7.10. The van der Waals surface area contributed by atoms with Crippen LogP contribution in [0, 0.1) is 0 Å². The van der Waals surface area contributed by atoms with Crippen molar-refractivity contribution in [3.05, 3.63) is 50.2 Å². The van der Waals surface area contributed by atoms with Crippen LogP contribution in [0.4, 0.5) is 5.69 Å². The van der Waals surface area contributed by atoms with Crippen molar-refractivity contribution >= 4 is 34.4 Å². The first-order valence-electron chi connectivity index (χ1n) is 6.36. The van der Waals surface area contributed by atoms with E-state index in [-0.39, 0.29) is 5.78 Å². The zero-order valence-corrected chi connectivity index (χ0v) is 12.0. The van der Waals surface area contributed by atoms with Gasteiger partial charge in [-0.3, -0.25) is 4.79 Å². The van der Waals surface area contributed by atoms with Gasteiger partial charge >= 0.3 is 0 Å². The average molecular weight is 292 g/mol.